The van der Waals surface area contributed by atoms with Crippen LogP contribution >= 0.6 is 0 Å². The van der Waals surface area contributed by atoms with E-state index in [0.717, 1.165) is 0 Å². The maximum absolute atomic E-state index is 12.3. The molecule has 0 bridgehead atoms. The first-order valence-corrected chi connectivity index (χ1v) is 8.41. The predicted molar refractivity (Wildman–Crippen MR) is 105 cm³/mol. The number of carbonyl (C=O) groups is 3. The second-order valence-electron chi connectivity index (χ2n) is 6.92. The van der Waals surface area contributed by atoms with Crippen LogP contribution in [0.2, 0.25) is 0 Å². The molecule has 0 saturated heterocycles. The molecule has 2 aromatic rings. The summed E-state index contributed by atoms with van der Waals surface area (Å²) in [5.41, 5.74) is 1.64. The Morgan fingerprint density at radius 1 is 0.741 bits per heavy atom. The molecule has 0 atom stereocenters. The number of amides is 3. The highest BCUT2D eigenvalue weighted by atomic mass is 16.6. The van der Waals surface area contributed by atoms with E-state index in [1.165, 1.54) is 6.92 Å². The third-order valence-corrected chi connectivity index (χ3v) is 3.26. The Hall–Kier alpha value is -3.35. The minimum absolute atomic E-state index is 0.160. The Kier molecular flexibility index (Phi) is 6.18. The third kappa shape index (κ3) is 6.81. The van der Waals surface area contributed by atoms with Gasteiger partial charge in [0.25, 0.3) is 5.91 Å². The monoisotopic (exact) mass is 369 g/mol. The Bertz CT molecular complexity index is 822. The lowest BCUT2D eigenvalue weighted by molar-refractivity contribution is -0.114. The van der Waals surface area contributed by atoms with Crippen molar-refractivity contribution in [2.24, 2.45) is 0 Å². The fraction of sp³-hybridized carbons (Fsp3) is 0.250. The summed E-state index contributed by atoms with van der Waals surface area (Å²) in [5.74, 6) is -0.446. The highest BCUT2D eigenvalue weighted by Crippen LogP contribution is 2.16. The van der Waals surface area contributed by atoms with Crippen LogP contribution < -0.4 is 16.0 Å². The quantitative estimate of drug-likeness (QED) is 0.751. The van der Waals surface area contributed by atoms with E-state index < -0.39 is 11.7 Å². The van der Waals surface area contributed by atoms with Gasteiger partial charge >= 0.3 is 6.09 Å². The van der Waals surface area contributed by atoms with Gasteiger partial charge in [0, 0.05) is 29.5 Å². The molecule has 27 heavy (non-hydrogen) atoms. The molecule has 0 aromatic heterocycles. The Labute approximate surface area is 158 Å². The smallest absolute Gasteiger partial charge is 0.412 e. The van der Waals surface area contributed by atoms with Crippen molar-refractivity contribution in [1.29, 1.82) is 0 Å². The molecule has 2 aromatic carbocycles. The molecule has 0 spiro atoms. The van der Waals surface area contributed by atoms with E-state index in [4.69, 9.17) is 4.74 Å². The van der Waals surface area contributed by atoms with Crippen molar-refractivity contribution < 1.29 is 19.1 Å². The van der Waals surface area contributed by atoms with Crippen LogP contribution in [-0.4, -0.2) is 23.5 Å². The van der Waals surface area contributed by atoms with Gasteiger partial charge in [0.2, 0.25) is 5.91 Å². The lowest BCUT2D eigenvalue weighted by Gasteiger charge is -2.19. The predicted octanol–water partition coefficient (Wildman–Crippen LogP) is 4.24. The van der Waals surface area contributed by atoms with Crippen molar-refractivity contribution in [3.63, 3.8) is 0 Å². The SMILES string of the molecule is CC(=O)Nc1ccc(NC(=O)c2ccc(NC(=O)OC(C)(C)C)cc2)cc1. The van der Waals surface area contributed by atoms with Crippen LogP contribution in [0.4, 0.5) is 21.9 Å². The largest absolute Gasteiger partial charge is 0.444 e. The second kappa shape index (κ2) is 8.35. The minimum Gasteiger partial charge on any atom is -0.444 e. The number of hydrogen-bond acceptors (Lipinski definition) is 4. The van der Waals surface area contributed by atoms with Gasteiger partial charge in [0.05, 0.1) is 0 Å². The summed E-state index contributed by atoms with van der Waals surface area (Å²) in [6, 6.07) is 13.2. The molecular formula is C20H23N3O4. The maximum Gasteiger partial charge on any atom is 0.412 e. The van der Waals surface area contributed by atoms with Gasteiger partial charge in [-0.2, -0.15) is 0 Å². The van der Waals surface area contributed by atoms with Gasteiger partial charge in [-0.15, -0.1) is 0 Å². The Morgan fingerprint density at radius 2 is 1.19 bits per heavy atom. The zero-order valence-electron chi connectivity index (χ0n) is 15.8. The van der Waals surface area contributed by atoms with Gasteiger partial charge in [0.15, 0.2) is 0 Å². The van der Waals surface area contributed by atoms with Gasteiger partial charge in [-0.1, -0.05) is 0 Å². The standard InChI is InChI=1S/C20H23N3O4/c1-13(24)21-15-9-11-16(12-10-15)22-18(25)14-5-7-17(8-6-14)23-19(26)27-20(2,3)4/h5-12H,1-4H3,(H,21,24)(H,22,25)(H,23,26). The summed E-state index contributed by atoms with van der Waals surface area (Å²) < 4.78 is 5.18. The summed E-state index contributed by atoms with van der Waals surface area (Å²) >= 11 is 0. The number of benzene rings is 2. The molecule has 0 fully saturated rings. The summed E-state index contributed by atoms with van der Waals surface area (Å²) in [6.45, 7) is 6.77. The van der Waals surface area contributed by atoms with E-state index in [0.29, 0.717) is 22.6 Å². The molecular weight excluding hydrogens is 346 g/mol. The number of nitrogens with one attached hydrogen (secondary N) is 3. The molecule has 0 saturated carbocycles. The van der Waals surface area contributed by atoms with Crippen molar-refractivity contribution in [3.8, 4) is 0 Å². The first kappa shape index (κ1) is 20.0. The molecule has 142 valence electrons. The molecule has 7 heteroatoms. The first-order valence-electron chi connectivity index (χ1n) is 8.41. The van der Waals surface area contributed by atoms with Crippen LogP contribution in [0.25, 0.3) is 0 Å². The first-order chi connectivity index (χ1) is 12.6. The van der Waals surface area contributed by atoms with Crippen LogP contribution in [0.5, 0.6) is 0 Å². The van der Waals surface area contributed by atoms with E-state index in [1.54, 1.807) is 69.3 Å². The molecule has 0 heterocycles. The fourth-order valence-electron chi connectivity index (χ4n) is 2.17. The van der Waals surface area contributed by atoms with Gasteiger partial charge in [-0.25, -0.2) is 4.79 Å². The summed E-state index contributed by atoms with van der Waals surface area (Å²) in [7, 11) is 0. The molecule has 0 aliphatic heterocycles. The van der Waals surface area contributed by atoms with Crippen molar-refractivity contribution in [3.05, 3.63) is 54.1 Å². The van der Waals surface area contributed by atoms with Crippen LogP contribution in [0.1, 0.15) is 38.1 Å². The number of carbonyl (C=O) groups excluding carboxylic acids is 3. The molecule has 3 amide bonds. The van der Waals surface area contributed by atoms with Crippen molar-refractivity contribution in [2.75, 3.05) is 16.0 Å². The zero-order valence-corrected chi connectivity index (χ0v) is 15.8. The number of anilines is 3. The number of rotatable bonds is 4. The van der Waals surface area contributed by atoms with Gasteiger partial charge in [-0.05, 0) is 69.3 Å². The van der Waals surface area contributed by atoms with E-state index in [2.05, 4.69) is 16.0 Å². The topological polar surface area (TPSA) is 96.5 Å². The molecule has 0 radical (unpaired) electrons. The summed E-state index contributed by atoms with van der Waals surface area (Å²) in [5, 5.41) is 8.03. The Morgan fingerprint density at radius 3 is 1.67 bits per heavy atom. The van der Waals surface area contributed by atoms with Gasteiger partial charge in [0.1, 0.15) is 5.60 Å². The lowest BCUT2D eigenvalue weighted by Crippen LogP contribution is -2.27. The highest BCUT2D eigenvalue weighted by Gasteiger charge is 2.16. The summed E-state index contributed by atoms with van der Waals surface area (Å²) in [4.78, 5) is 35.1. The second-order valence-corrected chi connectivity index (χ2v) is 6.92. The molecule has 0 aliphatic rings. The number of hydrogen-bond donors (Lipinski definition) is 3. The molecule has 2 rings (SSSR count). The Balaban J connectivity index is 1.95. The van der Waals surface area contributed by atoms with Gasteiger partial charge < -0.3 is 15.4 Å². The van der Waals surface area contributed by atoms with E-state index in [1.807, 2.05) is 0 Å². The zero-order chi connectivity index (χ0) is 20.0. The van der Waals surface area contributed by atoms with Crippen molar-refractivity contribution >= 4 is 35.0 Å². The number of ether oxygens (including phenoxy) is 1. The normalized spacial score (nSPS) is 10.7. The average molecular weight is 369 g/mol. The van der Waals surface area contributed by atoms with Crippen LogP contribution in [-0.2, 0) is 9.53 Å². The van der Waals surface area contributed by atoms with Crippen molar-refractivity contribution in [2.45, 2.75) is 33.3 Å². The fourth-order valence-corrected chi connectivity index (χ4v) is 2.17. The lowest BCUT2D eigenvalue weighted by atomic mass is 10.2. The molecule has 7 nitrogen and oxygen atoms in total. The minimum atomic E-state index is -0.584. The molecule has 0 aliphatic carbocycles. The van der Waals surface area contributed by atoms with E-state index in [9.17, 15) is 14.4 Å². The van der Waals surface area contributed by atoms with Crippen molar-refractivity contribution in [1.82, 2.24) is 0 Å². The molecule has 0 unspecified atom stereocenters. The third-order valence-electron chi connectivity index (χ3n) is 3.26. The van der Waals surface area contributed by atoms with Gasteiger partial charge in [-0.3, -0.25) is 14.9 Å². The highest BCUT2D eigenvalue weighted by molar-refractivity contribution is 6.04. The van der Waals surface area contributed by atoms with Crippen LogP contribution in [0, 0.1) is 0 Å². The van der Waals surface area contributed by atoms with E-state index in [-0.39, 0.29) is 11.8 Å². The van der Waals surface area contributed by atoms with Crippen LogP contribution in [0.15, 0.2) is 48.5 Å². The maximum atomic E-state index is 12.3. The average Bonchev–Trinajstić information content (AvgIpc) is 2.55. The molecule has 3 N–H and O–H groups in total. The van der Waals surface area contributed by atoms with Crippen LogP contribution in [0.3, 0.4) is 0 Å². The van der Waals surface area contributed by atoms with E-state index >= 15 is 0 Å². The summed E-state index contributed by atoms with van der Waals surface area (Å²) in [6.07, 6.45) is -0.557.